The predicted octanol–water partition coefficient (Wildman–Crippen LogP) is 6.59. The van der Waals surface area contributed by atoms with E-state index in [4.69, 9.17) is 23.7 Å². The van der Waals surface area contributed by atoms with Gasteiger partial charge in [0.1, 0.15) is 0 Å². The number of alkyl halides is 3. The van der Waals surface area contributed by atoms with Crippen LogP contribution in [0, 0.1) is 11.8 Å². The van der Waals surface area contributed by atoms with Crippen LogP contribution in [0.25, 0.3) is 11.1 Å². The molecule has 8 nitrogen and oxygen atoms in total. The van der Waals surface area contributed by atoms with Gasteiger partial charge in [0.15, 0.2) is 23.0 Å². The van der Waals surface area contributed by atoms with Crippen LogP contribution in [0.15, 0.2) is 72.8 Å². The van der Waals surface area contributed by atoms with Crippen molar-refractivity contribution < 1.29 is 46.8 Å². The first-order valence-corrected chi connectivity index (χ1v) is 14.6. The Hall–Kier alpha value is -4.90. The average Bonchev–Trinajstić information content (AvgIpc) is 3.67. The Bertz CT molecular complexity index is 1780. The highest BCUT2D eigenvalue weighted by molar-refractivity contribution is 5.99. The molecule has 0 saturated carbocycles. The fourth-order valence-electron chi connectivity index (χ4n) is 6.97. The minimum absolute atomic E-state index is 0.0607. The van der Waals surface area contributed by atoms with E-state index in [0.29, 0.717) is 51.1 Å². The minimum Gasteiger partial charge on any atom is -0.493 e. The zero-order valence-corrected chi connectivity index (χ0v) is 25.1. The second kappa shape index (κ2) is 11.2. The molecule has 0 unspecified atom stereocenters. The smallest absolute Gasteiger partial charge is 0.416 e. The number of carbonyl (C=O) groups excluding carboxylic acids is 1. The van der Waals surface area contributed by atoms with Crippen molar-refractivity contribution >= 4 is 11.6 Å². The van der Waals surface area contributed by atoms with Gasteiger partial charge in [-0.05, 0) is 76.3 Å². The number of halogens is 3. The Balaban J connectivity index is 1.28. The number of rotatable bonds is 6. The third kappa shape index (κ3) is 4.77. The number of carbonyl (C=O) groups is 1. The van der Waals surface area contributed by atoms with Gasteiger partial charge >= 0.3 is 6.18 Å². The predicted molar refractivity (Wildman–Crippen MR) is 162 cm³/mol. The van der Waals surface area contributed by atoms with Gasteiger partial charge in [-0.2, -0.15) is 13.2 Å². The molecule has 1 aliphatic carbocycles. The molecule has 11 heteroatoms. The van der Waals surface area contributed by atoms with Crippen molar-refractivity contribution in [2.45, 2.75) is 18.2 Å². The molecule has 1 saturated heterocycles. The van der Waals surface area contributed by atoms with Gasteiger partial charge in [-0.1, -0.05) is 24.3 Å². The van der Waals surface area contributed by atoms with Crippen LogP contribution < -0.4 is 28.6 Å². The van der Waals surface area contributed by atoms with E-state index >= 15 is 0 Å². The highest BCUT2D eigenvalue weighted by Gasteiger charge is 2.54. The molecule has 0 radical (unpaired) electrons. The lowest BCUT2D eigenvalue weighted by Gasteiger charge is -2.37. The Morgan fingerprint density at radius 3 is 1.91 bits per heavy atom. The molecule has 1 amide bonds. The van der Waals surface area contributed by atoms with Crippen LogP contribution >= 0.6 is 0 Å². The molecule has 46 heavy (non-hydrogen) atoms. The summed E-state index contributed by atoms with van der Waals surface area (Å²) < 4.78 is 67.3. The summed E-state index contributed by atoms with van der Waals surface area (Å²) in [6, 6.07) is 19.3. The Morgan fingerprint density at radius 1 is 0.804 bits per heavy atom. The molecule has 1 fully saturated rings. The fraction of sp³-hybridized carbons (Fsp3) is 0.286. The topological polar surface area (TPSA) is 86.7 Å². The lowest BCUT2D eigenvalue weighted by molar-refractivity contribution is -0.137. The third-order valence-electron chi connectivity index (χ3n) is 9.17. The molecule has 4 atom stereocenters. The summed E-state index contributed by atoms with van der Waals surface area (Å²) in [5.74, 6) is 0.539. The number of anilines is 1. The van der Waals surface area contributed by atoms with Crippen molar-refractivity contribution in [2.75, 3.05) is 39.6 Å². The monoisotopic (exact) mass is 633 g/mol. The third-order valence-corrected chi connectivity index (χ3v) is 9.17. The second-order valence-corrected chi connectivity index (χ2v) is 11.5. The maximum absolute atomic E-state index is 14.4. The van der Waals surface area contributed by atoms with Crippen LogP contribution in [0.1, 0.15) is 34.3 Å². The fourth-order valence-corrected chi connectivity index (χ4v) is 6.97. The first kappa shape index (κ1) is 29.8. The number of fused-ring (bicyclic) bond motifs is 3. The number of amides is 1. The summed E-state index contributed by atoms with van der Waals surface area (Å²) in [4.78, 5) is 16.1. The van der Waals surface area contributed by atoms with Gasteiger partial charge in [-0.25, -0.2) is 0 Å². The van der Waals surface area contributed by atoms with E-state index in [2.05, 4.69) is 0 Å². The van der Waals surface area contributed by atoms with Gasteiger partial charge in [0.05, 0.1) is 38.9 Å². The number of hydrogen-bond acceptors (Lipinski definition) is 7. The van der Waals surface area contributed by atoms with Crippen LogP contribution in [0.2, 0.25) is 0 Å². The molecular formula is C35H30F3NO7. The van der Waals surface area contributed by atoms with E-state index in [1.165, 1.54) is 33.5 Å². The standard InChI is InChI=1S/C35H30F3NO7/c1-42-28-12-20(13-29(43-2)33(28)44-3)30-23-14-26-27(46-17-45-26)15-24(23)32(40)25-16-39(34(41)31(25)30)22-10-6-19(7-11-22)18-4-8-21(9-5-18)35(36,37)38/h4-15,25,30-32,40H,16-17H2,1-3H3/t25-,30+,31+,32-/m0/s1. The van der Waals surface area contributed by atoms with Gasteiger partial charge in [-0.15, -0.1) is 0 Å². The molecule has 7 rings (SSSR count). The van der Waals surface area contributed by atoms with Crippen LogP contribution in [0.4, 0.5) is 18.9 Å². The van der Waals surface area contributed by atoms with Crippen molar-refractivity contribution in [3.05, 3.63) is 95.1 Å². The summed E-state index contributed by atoms with van der Waals surface area (Å²) >= 11 is 0. The molecule has 238 valence electrons. The Kier molecular flexibility index (Phi) is 7.23. The first-order chi connectivity index (χ1) is 22.1. The number of methoxy groups -OCH3 is 3. The van der Waals surface area contributed by atoms with Gasteiger partial charge in [0, 0.05) is 24.1 Å². The molecular weight excluding hydrogens is 603 g/mol. The zero-order chi connectivity index (χ0) is 32.3. The van der Waals surface area contributed by atoms with Crippen LogP contribution in [-0.4, -0.2) is 45.7 Å². The summed E-state index contributed by atoms with van der Waals surface area (Å²) in [5, 5.41) is 11.7. The minimum atomic E-state index is -4.42. The zero-order valence-electron chi connectivity index (χ0n) is 25.1. The Morgan fingerprint density at radius 2 is 1.37 bits per heavy atom. The van der Waals surface area contributed by atoms with Crippen molar-refractivity contribution in [3.63, 3.8) is 0 Å². The van der Waals surface area contributed by atoms with Crippen LogP contribution in [0.3, 0.4) is 0 Å². The largest absolute Gasteiger partial charge is 0.493 e. The van der Waals surface area contributed by atoms with E-state index in [0.717, 1.165) is 23.3 Å². The van der Waals surface area contributed by atoms with E-state index in [-0.39, 0.29) is 19.2 Å². The second-order valence-electron chi connectivity index (χ2n) is 11.5. The molecule has 0 bridgehead atoms. The quantitative estimate of drug-likeness (QED) is 0.257. The summed E-state index contributed by atoms with van der Waals surface area (Å²) in [7, 11) is 4.57. The van der Waals surface area contributed by atoms with E-state index in [1.807, 2.05) is 18.2 Å². The van der Waals surface area contributed by atoms with Crippen molar-refractivity contribution in [3.8, 4) is 39.9 Å². The van der Waals surface area contributed by atoms with E-state index < -0.39 is 35.6 Å². The lowest BCUT2D eigenvalue weighted by atomic mass is 9.66. The summed E-state index contributed by atoms with van der Waals surface area (Å²) in [5.41, 5.74) is 3.35. The van der Waals surface area contributed by atoms with Crippen molar-refractivity contribution in [2.24, 2.45) is 11.8 Å². The molecule has 0 aromatic heterocycles. The average molecular weight is 634 g/mol. The van der Waals surface area contributed by atoms with Crippen molar-refractivity contribution in [1.82, 2.24) is 0 Å². The number of aliphatic hydroxyl groups is 1. The van der Waals surface area contributed by atoms with Crippen LogP contribution in [0.5, 0.6) is 28.7 Å². The maximum atomic E-state index is 14.4. The SMILES string of the molecule is COc1cc([C@@H]2c3cc4c(cc3[C@H](O)[C@H]3CN(c5ccc(-c6ccc(C(F)(F)F)cc6)cc5)C(=O)[C@@H]23)OCO4)cc(OC)c1OC. The highest BCUT2D eigenvalue weighted by Crippen LogP contribution is 2.56. The number of nitrogens with zero attached hydrogens (tertiary/aromatic N) is 1. The van der Waals surface area contributed by atoms with Gasteiger partial charge in [0.2, 0.25) is 18.4 Å². The number of ether oxygens (including phenoxy) is 5. The van der Waals surface area contributed by atoms with Gasteiger partial charge in [-0.3, -0.25) is 4.79 Å². The van der Waals surface area contributed by atoms with Gasteiger partial charge in [0.25, 0.3) is 0 Å². The van der Waals surface area contributed by atoms with E-state index in [9.17, 15) is 23.1 Å². The molecule has 1 N–H and O–H groups in total. The molecule has 3 aliphatic rings. The highest BCUT2D eigenvalue weighted by atomic mass is 19.4. The molecule has 2 aliphatic heterocycles. The van der Waals surface area contributed by atoms with E-state index in [1.54, 1.807) is 35.2 Å². The Labute approximate surface area is 262 Å². The van der Waals surface area contributed by atoms with Gasteiger partial charge < -0.3 is 33.7 Å². The maximum Gasteiger partial charge on any atom is 0.416 e. The number of benzene rings is 4. The number of hydrogen-bond donors (Lipinski definition) is 1. The lowest BCUT2D eigenvalue weighted by Crippen LogP contribution is -2.35. The summed E-state index contributed by atoms with van der Waals surface area (Å²) in [6.45, 7) is 0.310. The summed E-state index contributed by atoms with van der Waals surface area (Å²) in [6.07, 6.45) is -5.38. The number of aliphatic hydroxyl groups excluding tert-OH is 1. The molecule has 0 spiro atoms. The van der Waals surface area contributed by atoms with Crippen LogP contribution in [-0.2, 0) is 11.0 Å². The first-order valence-electron chi connectivity index (χ1n) is 14.6. The van der Waals surface area contributed by atoms with Crippen molar-refractivity contribution in [1.29, 1.82) is 0 Å². The molecule has 4 aromatic rings. The molecule has 4 aromatic carbocycles. The molecule has 2 heterocycles. The normalized spacial score (nSPS) is 21.5.